The first-order valence-electron chi connectivity index (χ1n) is 9.95. The van der Waals surface area contributed by atoms with Crippen molar-refractivity contribution in [3.05, 3.63) is 111 Å². The molecule has 1 unspecified atom stereocenters. The van der Waals surface area contributed by atoms with E-state index in [1.807, 2.05) is 60.7 Å². The van der Waals surface area contributed by atoms with E-state index in [2.05, 4.69) is 44.8 Å². The van der Waals surface area contributed by atoms with Crippen molar-refractivity contribution in [2.24, 2.45) is 0 Å². The second-order valence-electron chi connectivity index (χ2n) is 7.65. The van der Waals surface area contributed by atoms with Gasteiger partial charge >= 0.3 is 0 Å². The summed E-state index contributed by atoms with van der Waals surface area (Å²) in [4.78, 5) is 13.2. The zero-order chi connectivity index (χ0) is 20.7. The Morgan fingerprint density at radius 3 is 2.37 bits per heavy atom. The maximum atomic E-state index is 13.2. The molecule has 1 aliphatic rings. The van der Waals surface area contributed by atoms with Crippen molar-refractivity contribution in [1.82, 2.24) is 4.57 Å². The van der Waals surface area contributed by atoms with Crippen molar-refractivity contribution in [1.29, 1.82) is 0 Å². The van der Waals surface area contributed by atoms with Gasteiger partial charge in [0, 0.05) is 32.9 Å². The predicted molar refractivity (Wildman–Crippen MR) is 126 cm³/mol. The van der Waals surface area contributed by atoms with E-state index in [4.69, 9.17) is 11.6 Å². The second-order valence-corrected chi connectivity index (χ2v) is 9.00. The summed E-state index contributed by atoms with van der Waals surface area (Å²) in [6.07, 6.45) is 1.35. The van der Waals surface area contributed by atoms with Gasteiger partial charge in [-0.15, -0.1) is 0 Å². The van der Waals surface area contributed by atoms with Crippen LogP contribution in [0.3, 0.4) is 0 Å². The predicted octanol–water partition coefficient (Wildman–Crippen LogP) is 7.47. The fraction of sp³-hybridized carbons (Fsp3) is 0.115. The summed E-state index contributed by atoms with van der Waals surface area (Å²) >= 11 is 9.84. The van der Waals surface area contributed by atoms with Crippen LogP contribution in [0.15, 0.2) is 89.4 Å². The van der Waals surface area contributed by atoms with Crippen LogP contribution >= 0.6 is 27.5 Å². The summed E-state index contributed by atoms with van der Waals surface area (Å²) in [5.74, 6) is 0.376. The standard InChI is InChI=1S/C26H19BrClNO/c27-20-11-9-18(10-12-20)24-16-23-25(29(24)22-8-4-7-21(28)15-22)13-19(14-26(23)30)17-5-2-1-3-6-17/h1-12,15-16,19H,13-14H2. The van der Waals surface area contributed by atoms with E-state index >= 15 is 0 Å². The number of rotatable bonds is 3. The number of benzene rings is 3. The lowest BCUT2D eigenvalue weighted by molar-refractivity contribution is 0.0964. The van der Waals surface area contributed by atoms with Crippen molar-refractivity contribution in [2.75, 3.05) is 0 Å². The zero-order valence-electron chi connectivity index (χ0n) is 16.2. The van der Waals surface area contributed by atoms with Gasteiger partial charge in [0.15, 0.2) is 5.78 Å². The lowest BCUT2D eigenvalue weighted by atomic mass is 9.82. The normalized spacial score (nSPS) is 15.8. The molecule has 0 saturated carbocycles. The van der Waals surface area contributed by atoms with Gasteiger partial charge in [-0.05, 0) is 59.9 Å². The minimum Gasteiger partial charge on any atom is -0.313 e. The molecule has 4 aromatic rings. The van der Waals surface area contributed by atoms with Gasteiger partial charge in [0.25, 0.3) is 0 Å². The molecule has 3 aromatic carbocycles. The molecule has 4 heteroatoms. The lowest BCUT2D eigenvalue weighted by Crippen LogP contribution is -2.20. The first kappa shape index (κ1) is 19.3. The smallest absolute Gasteiger partial charge is 0.165 e. The average Bonchev–Trinajstić information content (AvgIpc) is 3.15. The molecule has 5 rings (SSSR count). The largest absolute Gasteiger partial charge is 0.313 e. The van der Waals surface area contributed by atoms with Crippen molar-refractivity contribution in [3.8, 4) is 16.9 Å². The number of fused-ring (bicyclic) bond motifs is 1. The molecule has 0 N–H and O–H groups in total. The number of hydrogen-bond acceptors (Lipinski definition) is 1. The van der Waals surface area contributed by atoms with Crippen molar-refractivity contribution in [3.63, 3.8) is 0 Å². The van der Waals surface area contributed by atoms with Gasteiger partial charge in [-0.2, -0.15) is 0 Å². The third-order valence-electron chi connectivity index (χ3n) is 5.75. The zero-order valence-corrected chi connectivity index (χ0v) is 18.5. The van der Waals surface area contributed by atoms with E-state index in [1.165, 1.54) is 5.56 Å². The molecule has 0 radical (unpaired) electrons. The fourth-order valence-corrected chi connectivity index (χ4v) is 4.79. The van der Waals surface area contributed by atoms with Crippen LogP contribution < -0.4 is 0 Å². The topological polar surface area (TPSA) is 22.0 Å². The van der Waals surface area contributed by atoms with Crippen molar-refractivity contribution in [2.45, 2.75) is 18.8 Å². The number of hydrogen-bond donors (Lipinski definition) is 0. The molecule has 148 valence electrons. The fourth-order valence-electron chi connectivity index (χ4n) is 4.34. The van der Waals surface area contributed by atoms with E-state index < -0.39 is 0 Å². The Morgan fingerprint density at radius 2 is 1.63 bits per heavy atom. The maximum Gasteiger partial charge on any atom is 0.165 e. The Morgan fingerprint density at radius 1 is 0.867 bits per heavy atom. The Hall–Kier alpha value is -2.62. The molecule has 1 aliphatic carbocycles. The highest BCUT2D eigenvalue weighted by Crippen LogP contribution is 2.39. The molecule has 0 fully saturated rings. The van der Waals surface area contributed by atoms with Crippen LogP contribution in [0.1, 0.15) is 34.0 Å². The molecule has 1 atom stereocenters. The molecule has 30 heavy (non-hydrogen) atoms. The van der Waals surface area contributed by atoms with Crippen molar-refractivity contribution >= 4 is 33.3 Å². The summed E-state index contributed by atoms with van der Waals surface area (Å²) in [6, 6.07) is 28.4. The third-order valence-corrected chi connectivity index (χ3v) is 6.52. The van der Waals surface area contributed by atoms with Crippen LogP contribution in [0.2, 0.25) is 5.02 Å². The van der Waals surface area contributed by atoms with E-state index in [0.717, 1.165) is 39.1 Å². The quantitative estimate of drug-likeness (QED) is 0.300. The van der Waals surface area contributed by atoms with Gasteiger partial charge in [-0.3, -0.25) is 4.79 Å². The van der Waals surface area contributed by atoms with Gasteiger partial charge in [0.1, 0.15) is 0 Å². The minimum atomic E-state index is 0.178. The van der Waals surface area contributed by atoms with E-state index in [0.29, 0.717) is 11.4 Å². The number of carbonyl (C=O) groups is 1. The van der Waals surface area contributed by atoms with Crippen LogP contribution in [0.4, 0.5) is 0 Å². The molecule has 0 aliphatic heterocycles. The lowest BCUT2D eigenvalue weighted by Gasteiger charge is -2.24. The molecular formula is C26H19BrClNO. The van der Waals surface area contributed by atoms with Gasteiger partial charge in [0.05, 0.1) is 5.69 Å². The highest BCUT2D eigenvalue weighted by Gasteiger charge is 2.31. The Labute approximate surface area is 189 Å². The van der Waals surface area contributed by atoms with Gasteiger partial charge < -0.3 is 4.57 Å². The Kier molecular flexibility index (Phi) is 5.10. The molecule has 2 nitrogen and oxygen atoms in total. The highest BCUT2D eigenvalue weighted by molar-refractivity contribution is 9.10. The molecule has 1 aromatic heterocycles. The Balaban J connectivity index is 1.71. The second kappa shape index (κ2) is 7.90. The van der Waals surface area contributed by atoms with Crippen LogP contribution in [0.5, 0.6) is 0 Å². The van der Waals surface area contributed by atoms with E-state index in [9.17, 15) is 4.79 Å². The van der Waals surface area contributed by atoms with Crippen LogP contribution in [0.25, 0.3) is 16.9 Å². The molecule has 0 saturated heterocycles. The number of nitrogens with zero attached hydrogens (tertiary/aromatic N) is 1. The minimum absolute atomic E-state index is 0.178. The molecule has 0 bridgehead atoms. The third kappa shape index (κ3) is 3.53. The first-order chi connectivity index (χ1) is 14.6. The summed E-state index contributed by atoms with van der Waals surface area (Å²) in [7, 11) is 0. The van der Waals surface area contributed by atoms with E-state index in [-0.39, 0.29) is 11.7 Å². The summed E-state index contributed by atoms with van der Waals surface area (Å²) in [5, 5.41) is 0.679. The maximum absolute atomic E-state index is 13.2. The Bertz CT molecular complexity index is 1230. The summed E-state index contributed by atoms with van der Waals surface area (Å²) in [5.41, 5.74) is 6.14. The van der Waals surface area contributed by atoms with Crippen molar-refractivity contribution < 1.29 is 4.79 Å². The molecule has 1 heterocycles. The summed E-state index contributed by atoms with van der Waals surface area (Å²) in [6.45, 7) is 0. The number of aromatic nitrogens is 1. The number of Topliss-reactive ketones (excluding diaryl/α,β-unsaturated/α-hetero) is 1. The molecule has 0 amide bonds. The number of carbonyl (C=O) groups excluding carboxylic acids is 1. The highest BCUT2D eigenvalue weighted by atomic mass is 79.9. The van der Waals surface area contributed by atoms with Gasteiger partial charge in [-0.25, -0.2) is 0 Å². The van der Waals surface area contributed by atoms with E-state index in [1.54, 1.807) is 0 Å². The SMILES string of the molecule is O=C1CC(c2ccccc2)Cc2c1cc(-c1ccc(Br)cc1)n2-c1cccc(Cl)c1. The van der Waals surface area contributed by atoms with Gasteiger partial charge in [0.2, 0.25) is 0 Å². The summed E-state index contributed by atoms with van der Waals surface area (Å²) < 4.78 is 3.23. The van der Waals surface area contributed by atoms with Gasteiger partial charge in [-0.1, -0.05) is 76.1 Å². The van der Waals surface area contributed by atoms with Crippen LogP contribution in [-0.4, -0.2) is 10.4 Å². The monoisotopic (exact) mass is 475 g/mol. The molecule has 0 spiro atoms. The number of ketones is 1. The first-order valence-corrected chi connectivity index (χ1v) is 11.1. The number of halogens is 2. The van der Waals surface area contributed by atoms with Crippen LogP contribution in [-0.2, 0) is 6.42 Å². The molecular weight excluding hydrogens is 458 g/mol. The van der Waals surface area contributed by atoms with Crippen LogP contribution in [0, 0.1) is 0 Å². The average molecular weight is 477 g/mol.